The van der Waals surface area contributed by atoms with Crippen LogP contribution in [0.4, 0.5) is 0 Å². The van der Waals surface area contributed by atoms with Crippen molar-refractivity contribution in [2.45, 2.75) is 32.0 Å². The summed E-state index contributed by atoms with van der Waals surface area (Å²) >= 11 is 0. The first-order chi connectivity index (χ1) is 10.2. The minimum atomic E-state index is 0.160. The molecule has 1 aromatic carbocycles. The zero-order valence-corrected chi connectivity index (χ0v) is 13.0. The van der Waals surface area contributed by atoms with Crippen LogP contribution in [0.1, 0.15) is 18.9 Å². The molecule has 0 bridgehead atoms. The highest BCUT2D eigenvalue weighted by Crippen LogP contribution is 2.30. The van der Waals surface area contributed by atoms with E-state index < -0.39 is 0 Å². The second-order valence-corrected chi connectivity index (χ2v) is 5.28. The van der Waals surface area contributed by atoms with Crippen LogP contribution in [0, 0.1) is 0 Å². The predicted molar refractivity (Wildman–Crippen MR) is 80.9 cm³/mol. The average Bonchev–Trinajstić information content (AvgIpc) is 2.90. The molecule has 1 saturated heterocycles. The van der Waals surface area contributed by atoms with Crippen LogP contribution in [-0.4, -0.2) is 56.1 Å². The lowest BCUT2D eigenvalue weighted by atomic mass is 10.1. The van der Waals surface area contributed by atoms with Gasteiger partial charge in [-0.05, 0) is 31.0 Å². The molecule has 0 amide bonds. The van der Waals surface area contributed by atoms with Crippen molar-refractivity contribution in [2.24, 2.45) is 0 Å². The molecule has 5 nitrogen and oxygen atoms in total. The Balaban J connectivity index is 2.10. The third-order valence-electron chi connectivity index (χ3n) is 3.95. The summed E-state index contributed by atoms with van der Waals surface area (Å²) in [6.07, 6.45) is 1.08. The van der Waals surface area contributed by atoms with E-state index in [1.165, 1.54) is 0 Å². The van der Waals surface area contributed by atoms with Crippen LogP contribution in [0.25, 0.3) is 0 Å². The molecule has 1 heterocycles. The van der Waals surface area contributed by atoms with Gasteiger partial charge < -0.3 is 19.3 Å². The monoisotopic (exact) mass is 295 g/mol. The van der Waals surface area contributed by atoms with Crippen LogP contribution < -0.4 is 9.47 Å². The van der Waals surface area contributed by atoms with Crippen molar-refractivity contribution in [3.05, 3.63) is 23.8 Å². The van der Waals surface area contributed by atoms with Gasteiger partial charge in [0, 0.05) is 26.2 Å². The maximum atomic E-state index is 9.51. The smallest absolute Gasteiger partial charge is 0.161 e. The average molecular weight is 295 g/mol. The largest absolute Gasteiger partial charge is 0.493 e. The molecule has 0 spiro atoms. The second-order valence-electron chi connectivity index (χ2n) is 5.28. The number of rotatable bonds is 7. The van der Waals surface area contributed by atoms with Crippen LogP contribution in [0.3, 0.4) is 0 Å². The summed E-state index contributed by atoms with van der Waals surface area (Å²) in [7, 11) is 3.37. The minimum Gasteiger partial charge on any atom is -0.493 e. The zero-order chi connectivity index (χ0) is 15.2. The molecular formula is C16H25NO4. The summed E-state index contributed by atoms with van der Waals surface area (Å²) < 4.78 is 16.3. The van der Waals surface area contributed by atoms with Gasteiger partial charge in [-0.25, -0.2) is 0 Å². The Kier molecular flexibility index (Phi) is 5.85. The predicted octanol–water partition coefficient (Wildman–Crippen LogP) is 1.68. The van der Waals surface area contributed by atoms with Gasteiger partial charge in [0.25, 0.3) is 0 Å². The van der Waals surface area contributed by atoms with Gasteiger partial charge in [-0.3, -0.25) is 4.90 Å². The summed E-state index contributed by atoms with van der Waals surface area (Å²) in [6.45, 7) is 4.34. The third kappa shape index (κ3) is 3.87. The van der Waals surface area contributed by atoms with Crippen LogP contribution in [0.15, 0.2) is 18.2 Å². The van der Waals surface area contributed by atoms with E-state index in [4.69, 9.17) is 14.2 Å². The molecule has 118 valence electrons. The van der Waals surface area contributed by atoms with Gasteiger partial charge in [0.15, 0.2) is 11.5 Å². The number of nitrogens with zero attached hydrogens (tertiary/aromatic N) is 1. The Labute approximate surface area is 126 Å². The fourth-order valence-electron chi connectivity index (χ4n) is 2.81. The molecular weight excluding hydrogens is 270 g/mol. The van der Waals surface area contributed by atoms with Crippen molar-refractivity contribution in [3.8, 4) is 11.5 Å². The molecule has 21 heavy (non-hydrogen) atoms. The number of methoxy groups -OCH3 is 2. The number of benzene rings is 1. The van der Waals surface area contributed by atoms with Crippen molar-refractivity contribution < 1.29 is 19.3 Å². The first-order valence-electron chi connectivity index (χ1n) is 7.39. The summed E-state index contributed by atoms with van der Waals surface area (Å²) in [5.41, 5.74) is 1.15. The number of ether oxygens (including phenoxy) is 3. The molecule has 2 rings (SSSR count). The molecule has 1 fully saturated rings. The van der Waals surface area contributed by atoms with E-state index in [-0.39, 0.29) is 18.8 Å². The van der Waals surface area contributed by atoms with Gasteiger partial charge in [-0.15, -0.1) is 0 Å². The molecule has 5 heteroatoms. The van der Waals surface area contributed by atoms with E-state index in [2.05, 4.69) is 4.90 Å². The van der Waals surface area contributed by atoms with Crippen LogP contribution in [0.5, 0.6) is 11.5 Å². The highest BCUT2D eigenvalue weighted by atomic mass is 16.5. The molecule has 0 saturated carbocycles. The summed E-state index contributed by atoms with van der Waals surface area (Å²) in [5, 5.41) is 9.51. The fraction of sp³-hybridized carbons (Fsp3) is 0.625. The van der Waals surface area contributed by atoms with Crippen molar-refractivity contribution in [1.29, 1.82) is 0 Å². The number of aliphatic hydroxyl groups excluding tert-OH is 1. The van der Waals surface area contributed by atoms with E-state index in [0.29, 0.717) is 6.61 Å². The van der Waals surface area contributed by atoms with E-state index in [0.717, 1.165) is 36.6 Å². The highest BCUT2D eigenvalue weighted by molar-refractivity contribution is 5.43. The van der Waals surface area contributed by atoms with Gasteiger partial charge in [0.1, 0.15) is 0 Å². The zero-order valence-electron chi connectivity index (χ0n) is 13.0. The van der Waals surface area contributed by atoms with E-state index in [9.17, 15) is 5.11 Å². The first-order valence-corrected chi connectivity index (χ1v) is 7.39. The molecule has 2 atom stereocenters. The number of hydrogen-bond acceptors (Lipinski definition) is 5. The SMILES string of the molecule is CCOc1cc(CN2C[C@H](OC)C[C@H]2CO)ccc1OC. The molecule has 1 aliphatic heterocycles. The number of aliphatic hydroxyl groups is 1. The first kappa shape index (κ1) is 16.1. The lowest BCUT2D eigenvalue weighted by Crippen LogP contribution is -2.31. The third-order valence-corrected chi connectivity index (χ3v) is 3.95. The molecule has 1 aliphatic rings. The Hall–Kier alpha value is -1.30. The topological polar surface area (TPSA) is 51.2 Å². The Morgan fingerprint density at radius 2 is 2.10 bits per heavy atom. The van der Waals surface area contributed by atoms with E-state index in [1.807, 2.05) is 25.1 Å². The Bertz CT molecular complexity index is 452. The van der Waals surface area contributed by atoms with Crippen LogP contribution in [0.2, 0.25) is 0 Å². The maximum absolute atomic E-state index is 9.51. The van der Waals surface area contributed by atoms with Gasteiger partial charge in [-0.2, -0.15) is 0 Å². The van der Waals surface area contributed by atoms with Crippen molar-refractivity contribution in [3.63, 3.8) is 0 Å². The second kappa shape index (κ2) is 7.64. The van der Waals surface area contributed by atoms with Crippen LogP contribution in [-0.2, 0) is 11.3 Å². The standard InChI is InChI=1S/C16H25NO4/c1-4-21-16-7-12(5-6-15(16)20-3)9-17-10-14(19-2)8-13(17)11-18/h5-7,13-14,18H,4,8-11H2,1-3H3/t13-,14+/m0/s1. The lowest BCUT2D eigenvalue weighted by molar-refractivity contribution is 0.107. The van der Waals surface area contributed by atoms with Gasteiger partial charge in [0.05, 0.1) is 26.4 Å². The summed E-state index contributed by atoms with van der Waals surface area (Å²) in [5.74, 6) is 1.51. The normalized spacial score (nSPS) is 22.5. The maximum Gasteiger partial charge on any atom is 0.161 e. The minimum absolute atomic E-state index is 0.160. The molecule has 1 N–H and O–H groups in total. The molecule has 0 aromatic heterocycles. The van der Waals surface area contributed by atoms with Gasteiger partial charge >= 0.3 is 0 Å². The summed E-state index contributed by atoms with van der Waals surface area (Å²) in [4.78, 5) is 2.26. The Morgan fingerprint density at radius 1 is 1.29 bits per heavy atom. The Morgan fingerprint density at radius 3 is 2.71 bits per heavy atom. The fourth-order valence-corrected chi connectivity index (χ4v) is 2.81. The molecule has 0 unspecified atom stereocenters. The number of likely N-dealkylation sites (tertiary alicyclic amines) is 1. The van der Waals surface area contributed by atoms with Crippen molar-refractivity contribution in [1.82, 2.24) is 4.90 Å². The van der Waals surface area contributed by atoms with Crippen LogP contribution >= 0.6 is 0 Å². The molecule has 0 aliphatic carbocycles. The highest BCUT2D eigenvalue weighted by Gasteiger charge is 2.31. The van der Waals surface area contributed by atoms with E-state index >= 15 is 0 Å². The van der Waals surface area contributed by atoms with Crippen molar-refractivity contribution >= 4 is 0 Å². The lowest BCUT2D eigenvalue weighted by Gasteiger charge is -2.23. The van der Waals surface area contributed by atoms with E-state index in [1.54, 1.807) is 14.2 Å². The summed E-state index contributed by atoms with van der Waals surface area (Å²) in [6, 6.07) is 6.14. The molecule has 0 radical (unpaired) electrons. The number of hydrogen-bond donors (Lipinski definition) is 1. The van der Waals surface area contributed by atoms with Gasteiger partial charge in [0.2, 0.25) is 0 Å². The van der Waals surface area contributed by atoms with Gasteiger partial charge in [-0.1, -0.05) is 6.07 Å². The quantitative estimate of drug-likeness (QED) is 0.829. The van der Waals surface area contributed by atoms with Crippen molar-refractivity contribution in [2.75, 3.05) is 34.0 Å². The molecule has 1 aromatic rings.